The molecule has 0 aliphatic carbocycles. The van der Waals surface area contributed by atoms with Crippen LogP contribution in [-0.4, -0.2) is 38.4 Å². The Bertz CT molecular complexity index is 243. The summed E-state index contributed by atoms with van der Waals surface area (Å²) in [5.74, 6) is 0.504. The van der Waals surface area contributed by atoms with Crippen LogP contribution in [0.5, 0.6) is 0 Å². The van der Waals surface area contributed by atoms with Gasteiger partial charge in [-0.3, -0.25) is 0 Å². The zero-order valence-electron chi connectivity index (χ0n) is 14.4. The lowest BCUT2D eigenvalue weighted by molar-refractivity contribution is 0.119. The van der Waals surface area contributed by atoms with Gasteiger partial charge in [-0.05, 0) is 64.7 Å². The lowest BCUT2D eigenvalue weighted by Gasteiger charge is -2.39. The molecule has 0 saturated heterocycles. The van der Waals surface area contributed by atoms with Gasteiger partial charge in [-0.15, -0.1) is 0 Å². The average Bonchev–Trinajstić information content (AvgIpc) is 2.06. The first-order valence-electron chi connectivity index (χ1n) is 7.35. The van der Waals surface area contributed by atoms with Crippen LogP contribution in [0.25, 0.3) is 0 Å². The predicted molar refractivity (Wildman–Crippen MR) is 90.9 cm³/mol. The SMILES string of the molecule is CCOCC(C)C[Si](C)(O[Si](C)(C)C)O[Si](C)(C)C. The van der Waals surface area contributed by atoms with Crippen molar-refractivity contribution in [3.8, 4) is 0 Å². The lowest BCUT2D eigenvalue weighted by atomic mass is 10.2. The summed E-state index contributed by atoms with van der Waals surface area (Å²) < 4.78 is 18.5. The molecule has 0 radical (unpaired) electrons. The highest BCUT2D eigenvalue weighted by molar-refractivity contribution is 6.87. The van der Waals surface area contributed by atoms with Crippen molar-refractivity contribution in [3.05, 3.63) is 0 Å². The summed E-state index contributed by atoms with van der Waals surface area (Å²) in [5, 5.41) is 0. The van der Waals surface area contributed by atoms with Gasteiger partial charge in [-0.25, -0.2) is 0 Å². The molecule has 0 aromatic carbocycles. The van der Waals surface area contributed by atoms with E-state index in [1.165, 1.54) is 0 Å². The van der Waals surface area contributed by atoms with Crippen LogP contribution >= 0.6 is 0 Å². The Morgan fingerprint density at radius 2 is 1.26 bits per heavy atom. The molecule has 0 aliphatic heterocycles. The van der Waals surface area contributed by atoms with E-state index in [4.69, 9.17) is 13.0 Å². The van der Waals surface area contributed by atoms with Crippen LogP contribution in [-0.2, 0) is 13.0 Å². The first-order chi connectivity index (χ1) is 8.37. The van der Waals surface area contributed by atoms with Gasteiger partial charge in [0.25, 0.3) is 0 Å². The summed E-state index contributed by atoms with van der Waals surface area (Å²) in [4.78, 5) is 0. The zero-order chi connectivity index (χ0) is 15.3. The topological polar surface area (TPSA) is 27.7 Å². The highest BCUT2D eigenvalue weighted by Gasteiger charge is 2.41. The van der Waals surface area contributed by atoms with E-state index >= 15 is 0 Å². The Balaban J connectivity index is 4.75. The Morgan fingerprint density at radius 3 is 1.58 bits per heavy atom. The van der Waals surface area contributed by atoms with Crippen LogP contribution in [0.2, 0.25) is 51.9 Å². The van der Waals surface area contributed by atoms with Gasteiger partial charge in [0.2, 0.25) is 0 Å². The number of ether oxygens (including phenoxy) is 1. The first kappa shape index (κ1) is 19.5. The highest BCUT2D eigenvalue weighted by Crippen LogP contribution is 2.27. The van der Waals surface area contributed by atoms with Crippen molar-refractivity contribution in [2.75, 3.05) is 13.2 Å². The molecule has 0 amide bonds. The first-order valence-corrected chi connectivity index (χ1v) is 16.7. The molecule has 3 nitrogen and oxygen atoms in total. The van der Waals surface area contributed by atoms with Gasteiger partial charge < -0.3 is 13.0 Å². The second-order valence-electron chi connectivity index (χ2n) is 7.53. The maximum absolute atomic E-state index is 6.49. The van der Waals surface area contributed by atoms with E-state index in [9.17, 15) is 0 Å². The van der Waals surface area contributed by atoms with Gasteiger partial charge in [0, 0.05) is 13.2 Å². The van der Waals surface area contributed by atoms with Crippen molar-refractivity contribution >= 4 is 25.2 Å². The minimum Gasteiger partial charge on any atom is -0.437 e. The van der Waals surface area contributed by atoms with Crippen LogP contribution in [0.3, 0.4) is 0 Å². The molecule has 0 aliphatic rings. The number of hydrogen-bond acceptors (Lipinski definition) is 3. The lowest BCUT2D eigenvalue weighted by Crippen LogP contribution is -2.53. The molecule has 1 atom stereocenters. The van der Waals surface area contributed by atoms with Crippen molar-refractivity contribution in [3.63, 3.8) is 0 Å². The zero-order valence-corrected chi connectivity index (χ0v) is 17.4. The van der Waals surface area contributed by atoms with Crippen molar-refractivity contribution in [1.29, 1.82) is 0 Å². The van der Waals surface area contributed by atoms with Crippen LogP contribution in [0, 0.1) is 5.92 Å². The molecular weight excluding hydrogens is 288 g/mol. The fraction of sp³-hybridized carbons (Fsp3) is 1.00. The minimum atomic E-state index is -2.09. The van der Waals surface area contributed by atoms with Gasteiger partial charge >= 0.3 is 8.56 Å². The summed E-state index contributed by atoms with van der Waals surface area (Å²) in [5.41, 5.74) is 0. The quantitative estimate of drug-likeness (QED) is 0.588. The fourth-order valence-corrected chi connectivity index (χ4v) is 15.4. The smallest absolute Gasteiger partial charge is 0.314 e. The van der Waals surface area contributed by atoms with E-state index in [1.807, 2.05) is 6.92 Å². The number of rotatable bonds is 9. The second kappa shape index (κ2) is 7.51. The minimum absolute atomic E-state index is 0.504. The average molecular weight is 323 g/mol. The number of hydrogen-bond donors (Lipinski definition) is 0. The van der Waals surface area contributed by atoms with E-state index in [0.29, 0.717) is 5.92 Å². The van der Waals surface area contributed by atoms with Crippen LogP contribution in [0.4, 0.5) is 0 Å². The Morgan fingerprint density at radius 1 is 0.842 bits per heavy atom. The van der Waals surface area contributed by atoms with E-state index < -0.39 is 25.2 Å². The normalized spacial score (nSPS) is 15.6. The molecule has 0 aromatic heterocycles. The van der Waals surface area contributed by atoms with Crippen molar-refractivity contribution in [1.82, 2.24) is 0 Å². The molecule has 0 spiro atoms. The van der Waals surface area contributed by atoms with Gasteiger partial charge in [0.05, 0.1) is 0 Å². The molecule has 0 bridgehead atoms. The molecule has 116 valence electrons. The van der Waals surface area contributed by atoms with Crippen molar-refractivity contribution in [2.24, 2.45) is 5.92 Å². The standard InChI is InChI=1S/C13H34O3Si3/c1-10-14-11-13(2)12-19(9,15-17(3,4)5)16-18(6,7)8/h13H,10-12H2,1-9H3. The van der Waals surface area contributed by atoms with E-state index in [1.54, 1.807) is 0 Å². The molecule has 0 saturated carbocycles. The summed E-state index contributed by atoms with van der Waals surface area (Å²) in [7, 11) is -5.23. The van der Waals surface area contributed by atoms with Gasteiger partial charge in [0.1, 0.15) is 0 Å². The molecule has 0 aromatic rings. The van der Waals surface area contributed by atoms with Crippen LogP contribution in [0.1, 0.15) is 13.8 Å². The molecular formula is C13H34O3Si3. The van der Waals surface area contributed by atoms with E-state index in [2.05, 4.69) is 52.8 Å². The van der Waals surface area contributed by atoms with Gasteiger partial charge in [-0.1, -0.05) is 6.92 Å². The highest BCUT2D eigenvalue weighted by atomic mass is 28.5. The Labute approximate surface area is 123 Å². The molecule has 0 N–H and O–H groups in total. The monoisotopic (exact) mass is 322 g/mol. The molecule has 0 fully saturated rings. The summed E-state index contributed by atoms with van der Waals surface area (Å²) in [6, 6.07) is 1.03. The maximum Gasteiger partial charge on any atom is 0.314 e. The third-order valence-corrected chi connectivity index (χ3v) is 12.2. The Hall–Kier alpha value is 0.531. The summed E-state index contributed by atoms with van der Waals surface area (Å²) in [6.45, 7) is 21.6. The van der Waals surface area contributed by atoms with Crippen LogP contribution < -0.4 is 0 Å². The molecule has 19 heavy (non-hydrogen) atoms. The second-order valence-corrected chi connectivity index (χ2v) is 20.3. The Kier molecular flexibility index (Phi) is 7.72. The summed E-state index contributed by atoms with van der Waals surface area (Å²) in [6.07, 6.45) is 0. The third-order valence-electron chi connectivity index (χ3n) is 2.37. The molecule has 1 unspecified atom stereocenters. The molecule has 6 heteroatoms. The largest absolute Gasteiger partial charge is 0.437 e. The van der Waals surface area contributed by atoms with E-state index in [-0.39, 0.29) is 0 Å². The van der Waals surface area contributed by atoms with Crippen molar-refractivity contribution in [2.45, 2.75) is 65.7 Å². The van der Waals surface area contributed by atoms with Gasteiger partial charge in [0.15, 0.2) is 16.6 Å². The third kappa shape index (κ3) is 10.9. The predicted octanol–water partition coefficient (Wildman–Crippen LogP) is 4.43. The maximum atomic E-state index is 6.49. The van der Waals surface area contributed by atoms with E-state index in [0.717, 1.165) is 19.3 Å². The van der Waals surface area contributed by atoms with Gasteiger partial charge in [-0.2, -0.15) is 0 Å². The fourth-order valence-electron chi connectivity index (χ4n) is 2.41. The summed E-state index contributed by atoms with van der Waals surface area (Å²) >= 11 is 0. The molecule has 0 rings (SSSR count). The van der Waals surface area contributed by atoms with Crippen LogP contribution in [0.15, 0.2) is 0 Å². The van der Waals surface area contributed by atoms with Crippen molar-refractivity contribution < 1.29 is 13.0 Å². The molecule has 0 heterocycles.